The quantitative estimate of drug-likeness (QED) is 0.0180. The lowest BCUT2D eigenvalue weighted by Gasteiger charge is -2.14. The Bertz CT molecular complexity index is 3670. The Balaban J connectivity index is 1.43. The van der Waals surface area contributed by atoms with Crippen LogP contribution in [0.1, 0.15) is 0 Å². The first kappa shape index (κ1) is 45.4. The molecule has 7 aromatic rings. The van der Waals surface area contributed by atoms with Crippen molar-refractivity contribution in [2.24, 2.45) is 30.7 Å². The van der Waals surface area contributed by atoms with Gasteiger partial charge in [0.2, 0.25) is 0 Å². The SMILES string of the molecule is Nc1c(N=Nc2ccc(N=Nc3ccccc3S(=O)(=O)O)c3cccc(OS(=O)(=O)c4ccccc4)c23)cc(S(=O)(=O)O)c2cc(S(=O)(=O)O)c(N=Nc3ccc([N+](=O)[O-])cc3)c(O)c12. The molecule has 0 aliphatic carbocycles. The molecule has 0 aliphatic rings. The number of rotatable bonds is 13. The number of azo groups is 3. The molecular formula is C38H26N8O15S4. The number of benzene rings is 7. The van der Waals surface area contributed by atoms with Crippen molar-refractivity contribution in [1.82, 2.24) is 0 Å². The van der Waals surface area contributed by atoms with Crippen LogP contribution >= 0.6 is 0 Å². The summed E-state index contributed by atoms with van der Waals surface area (Å²) in [7, 11) is -20.0. The van der Waals surface area contributed by atoms with Gasteiger partial charge in [-0.3, -0.25) is 23.8 Å². The first-order chi connectivity index (χ1) is 30.5. The van der Waals surface area contributed by atoms with Gasteiger partial charge in [-0.1, -0.05) is 42.5 Å². The second kappa shape index (κ2) is 17.1. The predicted octanol–water partition coefficient (Wildman–Crippen LogP) is 8.94. The number of nitrogen functional groups attached to an aromatic ring is 1. The Morgan fingerprint density at radius 3 is 1.77 bits per heavy atom. The van der Waals surface area contributed by atoms with E-state index in [1.807, 2.05) is 0 Å². The number of hydrogen-bond donors (Lipinski definition) is 5. The fourth-order valence-corrected chi connectivity index (χ4v) is 9.09. The number of nitro benzene ring substituents is 1. The molecule has 0 spiro atoms. The number of hydrogen-bond acceptors (Lipinski definition) is 19. The zero-order valence-electron chi connectivity index (χ0n) is 32.2. The van der Waals surface area contributed by atoms with Gasteiger partial charge in [-0.25, -0.2) is 0 Å². The summed E-state index contributed by atoms with van der Waals surface area (Å²) in [6.45, 7) is 0. The van der Waals surface area contributed by atoms with Crippen LogP contribution in [0, 0.1) is 10.1 Å². The fourth-order valence-electron chi connectivity index (χ4n) is 6.15. The number of aromatic hydroxyl groups is 1. The molecule has 0 fully saturated rings. The molecule has 7 aromatic carbocycles. The van der Waals surface area contributed by atoms with Crippen molar-refractivity contribution >= 4 is 108 Å². The lowest BCUT2D eigenvalue weighted by atomic mass is 10.0. The molecule has 0 bridgehead atoms. The van der Waals surface area contributed by atoms with Gasteiger partial charge in [-0.2, -0.15) is 38.8 Å². The van der Waals surface area contributed by atoms with Crippen LogP contribution in [-0.2, 0) is 40.5 Å². The van der Waals surface area contributed by atoms with Gasteiger partial charge in [0.05, 0.1) is 38.4 Å². The maximum Gasteiger partial charge on any atom is 0.339 e. The summed E-state index contributed by atoms with van der Waals surface area (Å²) in [5.41, 5.74) is 3.24. The van der Waals surface area contributed by atoms with E-state index in [0.717, 1.165) is 30.3 Å². The Hall–Kier alpha value is -7.66. The average Bonchev–Trinajstić information content (AvgIpc) is 3.24. The van der Waals surface area contributed by atoms with E-state index < -0.39 is 93.7 Å². The van der Waals surface area contributed by atoms with Gasteiger partial charge in [0.25, 0.3) is 36.0 Å². The number of nitrogens with zero attached hydrogens (tertiary/aromatic N) is 7. The fraction of sp³-hybridized carbons (Fsp3) is 0. The van der Waals surface area contributed by atoms with Crippen LogP contribution in [-0.4, -0.2) is 57.4 Å². The maximum absolute atomic E-state index is 13.5. The van der Waals surface area contributed by atoms with Crippen LogP contribution in [0.25, 0.3) is 21.5 Å². The van der Waals surface area contributed by atoms with Crippen molar-refractivity contribution in [3.8, 4) is 11.5 Å². The van der Waals surface area contributed by atoms with Crippen molar-refractivity contribution in [2.45, 2.75) is 19.6 Å². The van der Waals surface area contributed by atoms with Crippen LogP contribution in [0.2, 0.25) is 0 Å². The largest absolute Gasteiger partial charge is 0.505 e. The van der Waals surface area contributed by atoms with Crippen molar-refractivity contribution < 1.29 is 61.5 Å². The van der Waals surface area contributed by atoms with Crippen molar-refractivity contribution in [3.63, 3.8) is 0 Å². The molecule has 23 nitrogen and oxygen atoms in total. The molecule has 0 aliphatic heterocycles. The summed E-state index contributed by atoms with van der Waals surface area (Å²) in [6.07, 6.45) is 0. The van der Waals surface area contributed by atoms with Crippen LogP contribution in [0.5, 0.6) is 11.5 Å². The summed E-state index contributed by atoms with van der Waals surface area (Å²) < 4.78 is 137. The molecule has 0 heterocycles. The van der Waals surface area contributed by atoms with E-state index in [1.54, 1.807) is 6.07 Å². The zero-order chi connectivity index (χ0) is 47.1. The smallest absolute Gasteiger partial charge is 0.339 e. The lowest BCUT2D eigenvalue weighted by Crippen LogP contribution is -2.09. The molecule has 332 valence electrons. The molecule has 0 unspecified atom stereocenters. The Kier molecular flexibility index (Phi) is 12.0. The van der Waals surface area contributed by atoms with E-state index in [2.05, 4.69) is 30.7 Å². The molecule has 0 radical (unpaired) electrons. The molecule has 27 heteroatoms. The number of nitro groups is 1. The molecular weight excluding hydrogens is 937 g/mol. The van der Waals surface area contributed by atoms with E-state index in [-0.39, 0.29) is 49.9 Å². The monoisotopic (exact) mass is 962 g/mol. The minimum absolute atomic E-state index is 0.0273. The van der Waals surface area contributed by atoms with Crippen LogP contribution in [0.3, 0.4) is 0 Å². The number of non-ortho nitro benzene ring substituents is 1. The minimum atomic E-state index is -5.36. The second-order valence-corrected chi connectivity index (χ2v) is 18.9. The molecule has 6 N–H and O–H groups in total. The zero-order valence-corrected chi connectivity index (χ0v) is 35.4. The minimum Gasteiger partial charge on any atom is -0.505 e. The standard InChI is InChI=1S/C38H26N8O15S4/c39-36-29(20-32(63(53,54)55)25-19-33(64(56,57)58)37(38(47)35(25)36)45-40-21-13-15-22(16-14-21)46(48)49)44-43-28-18-17-26(41-42-27-10-4-5-12-31(27)62(50,51)52)24-9-6-11-30(34(24)28)61-65(59,60)23-7-2-1-3-8-23/h1-20,47H,39H2,(H,50,51,52)(H,53,54,55)(H,56,57,58). The molecule has 0 saturated heterocycles. The van der Waals surface area contributed by atoms with Gasteiger partial charge in [-0.05, 0) is 66.7 Å². The number of fused-ring (bicyclic) bond motifs is 2. The van der Waals surface area contributed by atoms with E-state index in [9.17, 15) is 62.6 Å². The molecule has 0 amide bonds. The highest BCUT2D eigenvalue weighted by Crippen LogP contribution is 2.49. The number of anilines is 1. The molecule has 65 heavy (non-hydrogen) atoms. The maximum atomic E-state index is 13.5. The second-order valence-electron chi connectivity index (χ2n) is 13.2. The van der Waals surface area contributed by atoms with Gasteiger partial charge in [0, 0.05) is 22.9 Å². The summed E-state index contributed by atoms with van der Waals surface area (Å²) >= 11 is 0. The molecule has 7 rings (SSSR count). The van der Waals surface area contributed by atoms with Crippen LogP contribution < -0.4 is 9.92 Å². The predicted molar refractivity (Wildman–Crippen MR) is 230 cm³/mol. The molecule has 0 atom stereocenters. The summed E-state index contributed by atoms with van der Waals surface area (Å²) in [6, 6.07) is 24.1. The van der Waals surface area contributed by atoms with Gasteiger partial charge < -0.3 is 15.0 Å². The van der Waals surface area contributed by atoms with Crippen molar-refractivity contribution in [2.75, 3.05) is 5.73 Å². The molecule has 0 aromatic heterocycles. The third kappa shape index (κ3) is 9.50. The van der Waals surface area contributed by atoms with E-state index in [0.29, 0.717) is 12.1 Å². The van der Waals surface area contributed by atoms with Crippen LogP contribution in [0.4, 0.5) is 45.5 Å². The average molecular weight is 963 g/mol. The van der Waals surface area contributed by atoms with Gasteiger partial charge in [0.1, 0.15) is 36.6 Å². The Labute approximate surface area is 366 Å². The highest BCUT2D eigenvalue weighted by Gasteiger charge is 2.29. The Morgan fingerprint density at radius 1 is 0.538 bits per heavy atom. The van der Waals surface area contributed by atoms with Crippen molar-refractivity contribution in [1.29, 1.82) is 0 Å². The number of phenolic OH excluding ortho intramolecular Hbond substituents is 1. The third-order valence-corrected chi connectivity index (χ3v) is 13.0. The van der Waals surface area contributed by atoms with Gasteiger partial charge in [-0.15, -0.1) is 25.6 Å². The summed E-state index contributed by atoms with van der Waals surface area (Å²) in [5, 5.41) is 44.9. The highest BCUT2D eigenvalue weighted by atomic mass is 32.2. The summed E-state index contributed by atoms with van der Waals surface area (Å²) in [5.74, 6) is -1.56. The highest BCUT2D eigenvalue weighted by molar-refractivity contribution is 7.87. The van der Waals surface area contributed by atoms with Crippen LogP contribution in [0.15, 0.2) is 172 Å². The van der Waals surface area contributed by atoms with Crippen molar-refractivity contribution in [3.05, 3.63) is 131 Å². The number of nitrogens with two attached hydrogens (primary N) is 1. The van der Waals surface area contributed by atoms with Gasteiger partial charge in [0.15, 0.2) is 11.5 Å². The Morgan fingerprint density at radius 2 is 1.12 bits per heavy atom. The van der Waals surface area contributed by atoms with Gasteiger partial charge >= 0.3 is 10.1 Å². The topological polar surface area (TPSA) is 370 Å². The first-order valence-electron chi connectivity index (χ1n) is 17.7. The molecule has 0 saturated carbocycles. The first-order valence-corrected chi connectivity index (χ1v) is 23.5. The van der Waals surface area contributed by atoms with E-state index in [4.69, 9.17) is 9.92 Å². The third-order valence-electron chi connectivity index (χ3n) is 9.06. The number of phenols is 1. The van der Waals surface area contributed by atoms with E-state index >= 15 is 0 Å². The lowest BCUT2D eigenvalue weighted by molar-refractivity contribution is -0.384. The van der Waals surface area contributed by atoms with E-state index in [1.165, 1.54) is 72.8 Å². The normalized spacial score (nSPS) is 12.8. The summed E-state index contributed by atoms with van der Waals surface area (Å²) in [4.78, 5) is 7.24.